The molecule has 26 heavy (non-hydrogen) atoms. The van der Waals surface area contributed by atoms with E-state index in [-0.39, 0.29) is 0 Å². The highest BCUT2D eigenvalue weighted by Crippen LogP contribution is 2.24. The molecule has 7 heteroatoms. The number of benzene rings is 2. The average molecular weight is 369 g/mol. The van der Waals surface area contributed by atoms with E-state index in [2.05, 4.69) is 20.6 Å². The molecular weight excluding hydrogens is 352 g/mol. The number of carbonyl (C=O) groups is 1. The third-order valence-electron chi connectivity index (χ3n) is 3.68. The number of rotatable bonds is 5. The number of nitrogens with zero attached hydrogens (tertiary/aromatic N) is 2. The van der Waals surface area contributed by atoms with Crippen LogP contribution in [0.25, 0.3) is 0 Å². The molecule has 0 radical (unpaired) electrons. The number of anilines is 4. The Kier molecular flexibility index (Phi) is 5.34. The summed E-state index contributed by atoms with van der Waals surface area (Å²) < 4.78 is 4.80. The monoisotopic (exact) mass is 368 g/mol. The Morgan fingerprint density at radius 3 is 2.69 bits per heavy atom. The van der Waals surface area contributed by atoms with Crippen LogP contribution in [-0.2, 0) is 4.74 Å². The molecule has 0 aliphatic carbocycles. The van der Waals surface area contributed by atoms with E-state index in [9.17, 15) is 4.79 Å². The molecule has 0 saturated heterocycles. The first-order chi connectivity index (χ1) is 12.6. The molecule has 0 unspecified atom stereocenters. The molecule has 3 rings (SSSR count). The van der Waals surface area contributed by atoms with Crippen molar-refractivity contribution in [1.29, 1.82) is 0 Å². The molecule has 6 nitrogen and oxygen atoms in total. The maximum atomic E-state index is 11.9. The maximum Gasteiger partial charge on any atom is 0.339 e. The number of aryl methyl sites for hydroxylation is 1. The van der Waals surface area contributed by atoms with Gasteiger partial charge in [0.2, 0.25) is 5.95 Å². The van der Waals surface area contributed by atoms with E-state index < -0.39 is 5.97 Å². The van der Waals surface area contributed by atoms with E-state index >= 15 is 0 Å². The van der Waals surface area contributed by atoms with E-state index in [0.717, 1.165) is 11.3 Å². The lowest BCUT2D eigenvalue weighted by Crippen LogP contribution is -2.06. The summed E-state index contributed by atoms with van der Waals surface area (Å²) in [5, 5.41) is 6.89. The fraction of sp³-hybridized carbons (Fsp3) is 0.105. The van der Waals surface area contributed by atoms with E-state index in [4.69, 9.17) is 16.3 Å². The second kappa shape index (κ2) is 7.84. The molecule has 0 spiro atoms. The van der Waals surface area contributed by atoms with Gasteiger partial charge >= 0.3 is 5.97 Å². The van der Waals surface area contributed by atoms with Crippen LogP contribution in [-0.4, -0.2) is 23.0 Å². The summed E-state index contributed by atoms with van der Waals surface area (Å²) in [6.07, 6.45) is 1.62. The zero-order valence-corrected chi connectivity index (χ0v) is 15.0. The van der Waals surface area contributed by atoms with Crippen LogP contribution >= 0.6 is 11.6 Å². The van der Waals surface area contributed by atoms with Crippen LogP contribution in [0, 0.1) is 6.92 Å². The number of aromatic nitrogens is 2. The van der Waals surface area contributed by atoms with Crippen LogP contribution in [0.1, 0.15) is 15.9 Å². The standard InChI is InChI=1S/C19H17ClN4O2/c1-12-7-8-13(11-15(12)20)22-19-21-10-9-17(24-19)23-16-6-4-3-5-14(16)18(25)26-2/h3-11H,1-2H3,(H2,21,22,23,24). The van der Waals surface area contributed by atoms with Gasteiger partial charge in [0.05, 0.1) is 18.4 Å². The van der Waals surface area contributed by atoms with Gasteiger partial charge in [-0.1, -0.05) is 29.8 Å². The molecule has 2 N–H and O–H groups in total. The van der Waals surface area contributed by atoms with Crippen LogP contribution in [0.3, 0.4) is 0 Å². The number of hydrogen-bond donors (Lipinski definition) is 2. The van der Waals surface area contributed by atoms with Crippen LogP contribution in [0.2, 0.25) is 5.02 Å². The van der Waals surface area contributed by atoms with Crippen molar-refractivity contribution in [2.45, 2.75) is 6.92 Å². The van der Waals surface area contributed by atoms with Gasteiger partial charge in [0.1, 0.15) is 5.82 Å². The lowest BCUT2D eigenvalue weighted by Gasteiger charge is -2.11. The summed E-state index contributed by atoms with van der Waals surface area (Å²) >= 11 is 6.14. The predicted molar refractivity (Wildman–Crippen MR) is 103 cm³/mol. The van der Waals surface area contributed by atoms with Crippen molar-refractivity contribution < 1.29 is 9.53 Å². The number of carbonyl (C=O) groups excluding carboxylic acids is 1. The van der Waals surface area contributed by atoms with Crippen LogP contribution in [0.4, 0.5) is 23.1 Å². The zero-order valence-electron chi connectivity index (χ0n) is 14.3. The Morgan fingerprint density at radius 1 is 1.12 bits per heavy atom. The molecule has 0 aliphatic rings. The summed E-state index contributed by atoms with van der Waals surface area (Å²) in [6, 6.07) is 14.4. The quantitative estimate of drug-likeness (QED) is 0.635. The lowest BCUT2D eigenvalue weighted by molar-refractivity contribution is 0.0602. The number of ether oxygens (including phenoxy) is 1. The molecule has 1 aromatic heterocycles. The van der Waals surface area contributed by atoms with Gasteiger partial charge in [-0.15, -0.1) is 0 Å². The van der Waals surface area contributed by atoms with Crippen LogP contribution in [0.15, 0.2) is 54.7 Å². The van der Waals surface area contributed by atoms with Crippen molar-refractivity contribution in [3.8, 4) is 0 Å². The molecule has 1 heterocycles. The van der Waals surface area contributed by atoms with Crippen LogP contribution < -0.4 is 10.6 Å². The third-order valence-corrected chi connectivity index (χ3v) is 4.09. The second-order valence-electron chi connectivity index (χ2n) is 5.52. The van der Waals surface area contributed by atoms with Crippen molar-refractivity contribution in [2.24, 2.45) is 0 Å². The summed E-state index contributed by atoms with van der Waals surface area (Å²) in [5.41, 5.74) is 2.80. The van der Waals surface area contributed by atoms with Crippen molar-refractivity contribution in [3.05, 3.63) is 70.9 Å². The Hall–Kier alpha value is -3.12. The molecular formula is C19H17ClN4O2. The number of methoxy groups -OCH3 is 1. The number of para-hydroxylation sites is 1. The van der Waals surface area contributed by atoms with Crippen molar-refractivity contribution in [1.82, 2.24) is 9.97 Å². The summed E-state index contributed by atoms with van der Waals surface area (Å²) in [6.45, 7) is 1.94. The van der Waals surface area contributed by atoms with Gasteiger partial charge in [-0.2, -0.15) is 4.98 Å². The van der Waals surface area contributed by atoms with E-state index in [0.29, 0.717) is 28.0 Å². The minimum absolute atomic E-state index is 0.408. The first kappa shape index (κ1) is 17.7. The summed E-state index contributed by atoms with van der Waals surface area (Å²) in [7, 11) is 1.35. The van der Waals surface area contributed by atoms with E-state index in [1.807, 2.05) is 31.2 Å². The van der Waals surface area contributed by atoms with E-state index in [1.54, 1.807) is 30.5 Å². The van der Waals surface area contributed by atoms with Crippen LogP contribution in [0.5, 0.6) is 0 Å². The highest BCUT2D eigenvalue weighted by molar-refractivity contribution is 6.31. The minimum Gasteiger partial charge on any atom is -0.465 e. The maximum absolute atomic E-state index is 11.9. The first-order valence-electron chi connectivity index (χ1n) is 7.87. The van der Waals surface area contributed by atoms with Gasteiger partial charge in [-0.25, -0.2) is 9.78 Å². The van der Waals surface area contributed by atoms with Crippen molar-refractivity contribution >= 4 is 40.7 Å². The highest BCUT2D eigenvalue weighted by Gasteiger charge is 2.11. The average Bonchev–Trinajstić information content (AvgIpc) is 2.65. The number of halogens is 1. The molecule has 0 bridgehead atoms. The minimum atomic E-state index is -0.421. The molecule has 2 aromatic carbocycles. The SMILES string of the molecule is COC(=O)c1ccccc1Nc1ccnc(Nc2ccc(C)c(Cl)c2)n1. The zero-order chi connectivity index (χ0) is 18.5. The molecule has 132 valence electrons. The molecule has 0 amide bonds. The van der Waals surface area contributed by atoms with Crippen molar-refractivity contribution in [3.63, 3.8) is 0 Å². The Morgan fingerprint density at radius 2 is 1.92 bits per heavy atom. The van der Waals surface area contributed by atoms with Gasteiger partial charge < -0.3 is 15.4 Å². The number of hydrogen-bond acceptors (Lipinski definition) is 6. The Balaban J connectivity index is 1.82. The second-order valence-corrected chi connectivity index (χ2v) is 5.92. The smallest absolute Gasteiger partial charge is 0.339 e. The van der Waals surface area contributed by atoms with Gasteiger partial charge in [0.15, 0.2) is 0 Å². The molecule has 0 aliphatic heterocycles. The van der Waals surface area contributed by atoms with Gasteiger partial charge in [-0.3, -0.25) is 0 Å². The van der Waals surface area contributed by atoms with E-state index in [1.165, 1.54) is 7.11 Å². The topological polar surface area (TPSA) is 76.1 Å². The largest absolute Gasteiger partial charge is 0.465 e. The first-order valence-corrected chi connectivity index (χ1v) is 8.25. The summed E-state index contributed by atoms with van der Waals surface area (Å²) in [5.74, 6) is 0.525. The fourth-order valence-electron chi connectivity index (χ4n) is 2.31. The molecule has 3 aromatic rings. The number of nitrogens with one attached hydrogen (secondary N) is 2. The third kappa shape index (κ3) is 4.10. The fourth-order valence-corrected chi connectivity index (χ4v) is 2.49. The van der Waals surface area contributed by atoms with Crippen molar-refractivity contribution in [2.75, 3.05) is 17.7 Å². The molecule has 0 saturated carbocycles. The molecule has 0 fully saturated rings. The predicted octanol–water partition coefficient (Wildman–Crippen LogP) is 4.71. The Labute approximate surface area is 156 Å². The lowest BCUT2D eigenvalue weighted by atomic mass is 10.2. The molecule has 0 atom stereocenters. The van der Waals surface area contributed by atoms with Gasteiger partial charge in [0, 0.05) is 16.9 Å². The summed E-state index contributed by atoms with van der Waals surface area (Å²) in [4.78, 5) is 20.5. The van der Waals surface area contributed by atoms with Gasteiger partial charge in [-0.05, 0) is 42.8 Å². The number of esters is 1. The normalized spacial score (nSPS) is 10.3. The Bertz CT molecular complexity index is 946. The highest BCUT2D eigenvalue weighted by atomic mass is 35.5. The van der Waals surface area contributed by atoms with Gasteiger partial charge in [0.25, 0.3) is 0 Å².